The molecule has 10 nitrogen and oxygen atoms in total. The summed E-state index contributed by atoms with van der Waals surface area (Å²) in [6.07, 6.45) is 1.75. The Morgan fingerprint density at radius 2 is 1.77 bits per heavy atom. The van der Waals surface area contributed by atoms with Crippen molar-refractivity contribution in [2.45, 2.75) is 26.2 Å². The van der Waals surface area contributed by atoms with E-state index in [0.29, 0.717) is 12.1 Å². The van der Waals surface area contributed by atoms with Gasteiger partial charge in [0.2, 0.25) is 0 Å². The van der Waals surface area contributed by atoms with Crippen molar-refractivity contribution in [1.82, 2.24) is 10.3 Å². The smallest absolute Gasteiger partial charge is 0.337 e. The molecule has 0 fully saturated rings. The largest absolute Gasteiger partial charge is 0.462 e. The quantitative estimate of drug-likeness (QED) is 0.406. The Morgan fingerprint density at radius 3 is 2.42 bits per heavy atom. The summed E-state index contributed by atoms with van der Waals surface area (Å²) in [7, 11) is 0. The first-order chi connectivity index (χ1) is 14.8. The predicted octanol–water partition coefficient (Wildman–Crippen LogP) is 3.24. The molecule has 2 heterocycles. The average Bonchev–Trinajstić information content (AvgIpc) is 2.73. The molecule has 10 heteroatoms. The van der Waals surface area contributed by atoms with Gasteiger partial charge in [0.15, 0.2) is 0 Å². The number of pyridine rings is 1. The number of hydrogen-bond donors (Lipinski definition) is 1. The SMILES string of the molecule is CC1=C(C(=O)OCCc2ccccc2)C(c2ncccc2[N+](=O)[O-])C([N+](=O)[O-])=C(C)N1. The molecule has 0 saturated heterocycles. The van der Waals surface area contributed by atoms with Crippen molar-refractivity contribution in [3.63, 3.8) is 0 Å². The zero-order valence-electron chi connectivity index (χ0n) is 16.9. The van der Waals surface area contributed by atoms with Crippen molar-refractivity contribution in [3.05, 3.63) is 103 Å². The first-order valence-corrected chi connectivity index (χ1v) is 9.44. The van der Waals surface area contributed by atoms with E-state index >= 15 is 0 Å². The summed E-state index contributed by atoms with van der Waals surface area (Å²) < 4.78 is 5.39. The number of benzene rings is 1. The van der Waals surface area contributed by atoms with Crippen LogP contribution in [0.15, 0.2) is 71.3 Å². The van der Waals surface area contributed by atoms with Crippen LogP contribution in [-0.2, 0) is 16.0 Å². The Labute approximate surface area is 177 Å². The molecule has 1 aliphatic heterocycles. The highest BCUT2D eigenvalue weighted by molar-refractivity contribution is 5.92. The van der Waals surface area contributed by atoms with Gasteiger partial charge in [0, 0.05) is 24.4 Å². The number of allylic oxidation sites excluding steroid dienone is 3. The Hall–Kier alpha value is -4.08. The van der Waals surface area contributed by atoms with Gasteiger partial charge >= 0.3 is 5.97 Å². The van der Waals surface area contributed by atoms with Gasteiger partial charge in [0.1, 0.15) is 11.6 Å². The number of nitro groups is 2. The monoisotopic (exact) mass is 424 g/mol. The second-order valence-electron chi connectivity index (χ2n) is 6.90. The highest BCUT2D eigenvalue weighted by Crippen LogP contribution is 2.41. The lowest BCUT2D eigenvalue weighted by Gasteiger charge is -2.25. The van der Waals surface area contributed by atoms with E-state index in [-0.39, 0.29) is 29.3 Å². The zero-order valence-corrected chi connectivity index (χ0v) is 16.9. The molecule has 1 N–H and O–H groups in total. The maximum atomic E-state index is 13.0. The van der Waals surface area contributed by atoms with Gasteiger partial charge in [-0.05, 0) is 25.5 Å². The third kappa shape index (κ3) is 4.58. The van der Waals surface area contributed by atoms with Crippen LogP contribution >= 0.6 is 0 Å². The summed E-state index contributed by atoms with van der Waals surface area (Å²) in [4.78, 5) is 39.1. The van der Waals surface area contributed by atoms with Crippen molar-refractivity contribution in [2.75, 3.05) is 6.61 Å². The summed E-state index contributed by atoms with van der Waals surface area (Å²) in [5.41, 5.74) is 0.389. The fourth-order valence-corrected chi connectivity index (χ4v) is 3.53. The Balaban J connectivity index is 1.98. The van der Waals surface area contributed by atoms with Gasteiger partial charge in [-0.15, -0.1) is 0 Å². The van der Waals surface area contributed by atoms with Crippen LogP contribution in [0.3, 0.4) is 0 Å². The topological polar surface area (TPSA) is 138 Å². The van der Waals surface area contributed by atoms with Crippen LogP contribution in [0.1, 0.15) is 31.0 Å². The first kappa shape index (κ1) is 21.6. The van der Waals surface area contributed by atoms with Crippen molar-refractivity contribution in [3.8, 4) is 0 Å². The van der Waals surface area contributed by atoms with Gasteiger partial charge in [-0.2, -0.15) is 0 Å². The molecule has 1 aliphatic rings. The standard InChI is InChI=1S/C21H20N4O6/c1-13-17(21(26)31-12-10-15-7-4-3-5-8-15)18(20(25(29)30)14(2)23-13)19-16(24(27)28)9-6-11-22-19/h3-9,11,18,23H,10,12H2,1-2H3. The van der Waals surface area contributed by atoms with Crippen LogP contribution in [0, 0.1) is 20.2 Å². The number of esters is 1. The Morgan fingerprint density at radius 1 is 1.06 bits per heavy atom. The van der Waals surface area contributed by atoms with Crippen LogP contribution in [-0.4, -0.2) is 27.4 Å². The van der Waals surface area contributed by atoms with Gasteiger partial charge in [-0.1, -0.05) is 30.3 Å². The zero-order chi connectivity index (χ0) is 22.5. The maximum absolute atomic E-state index is 13.0. The summed E-state index contributed by atoms with van der Waals surface area (Å²) >= 11 is 0. The van der Waals surface area contributed by atoms with Crippen molar-refractivity contribution in [2.24, 2.45) is 0 Å². The number of rotatable bonds is 7. The van der Waals surface area contributed by atoms with Crippen LogP contribution in [0.25, 0.3) is 0 Å². The minimum Gasteiger partial charge on any atom is -0.462 e. The number of nitrogens with one attached hydrogen (secondary N) is 1. The number of dihydropyridines is 1. The lowest BCUT2D eigenvalue weighted by molar-refractivity contribution is -0.431. The van der Waals surface area contributed by atoms with Crippen molar-refractivity contribution >= 4 is 11.7 Å². The number of hydrogen-bond acceptors (Lipinski definition) is 8. The Bertz CT molecular complexity index is 1090. The molecule has 0 radical (unpaired) electrons. The van der Waals surface area contributed by atoms with Crippen LogP contribution < -0.4 is 5.32 Å². The fraction of sp³-hybridized carbons (Fsp3) is 0.238. The van der Waals surface area contributed by atoms with Gasteiger partial charge in [0.25, 0.3) is 11.4 Å². The lowest BCUT2D eigenvalue weighted by atomic mass is 9.86. The van der Waals surface area contributed by atoms with Gasteiger partial charge in [0.05, 0.1) is 27.7 Å². The van der Waals surface area contributed by atoms with E-state index in [2.05, 4.69) is 10.3 Å². The highest BCUT2D eigenvalue weighted by atomic mass is 16.6. The van der Waals surface area contributed by atoms with E-state index in [9.17, 15) is 25.0 Å². The minimum absolute atomic E-state index is 0.0488. The molecular formula is C21H20N4O6. The van der Waals surface area contributed by atoms with Gasteiger partial charge in [-0.3, -0.25) is 25.2 Å². The van der Waals surface area contributed by atoms with Gasteiger partial charge < -0.3 is 10.1 Å². The van der Waals surface area contributed by atoms with Crippen LogP contribution in [0.2, 0.25) is 0 Å². The maximum Gasteiger partial charge on any atom is 0.337 e. The first-order valence-electron chi connectivity index (χ1n) is 9.44. The number of carbonyl (C=O) groups excluding carboxylic acids is 1. The molecule has 3 rings (SSSR count). The molecule has 160 valence electrons. The summed E-state index contributed by atoms with van der Waals surface area (Å²) in [6, 6.07) is 11.9. The number of nitrogens with zero attached hydrogens (tertiary/aromatic N) is 3. The molecule has 2 aromatic rings. The van der Waals surface area contributed by atoms with Gasteiger partial charge in [-0.25, -0.2) is 4.79 Å². The average molecular weight is 424 g/mol. The highest BCUT2D eigenvalue weighted by Gasteiger charge is 2.44. The Kier molecular flexibility index (Phi) is 6.39. The van der Waals surface area contributed by atoms with Crippen LogP contribution in [0.5, 0.6) is 0 Å². The number of aromatic nitrogens is 1. The van der Waals surface area contributed by atoms with E-state index < -0.39 is 27.4 Å². The van der Waals surface area contributed by atoms with Crippen molar-refractivity contribution < 1.29 is 19.4 Å². The van der Waals surface area contributed by atoms with E-state index in [4.69, 9.17) is 4.74 Å². The second kappa shape index (κ2) is 9.16. The molecule has 0 spiro atoms. The molecule has 1 aromatic heterocycles. The molecule has 0 bridgehead atoms. The second-order valence-corrected chi connectivity index (χ2v) is 6.90. The molecule has 1 unspecified atom stereocenters. The van der Waals surface area contributed by atoms with E-state index in [1.807, 2.05) is 30.3 Å². The van der Waals surface area contributed by atoms with E-state index in [1.54, 1.807) is 6.92 Å². The third-order valence-electron chi connectivity index (χ3n) is 4.90. The molecule has 1 aromatic carbocycles. The molecule has 31 heavy (non-hydrogen) atoms. The molecule has 0 amide bonds. The normalized spacial score (nSPS) is 16.0. The predicted molar refractivity (Wildman–Crippen MR) is 110 cm³/mol. The molecule has 1 atom stereocenters. The van der Waals surface area contributed by atoms with Crippen molar-refractivity contribution in [1.29, 1.82) is 0 Å². The van der Waals surface area contributed by atoms with Crippen LogP contribution in [0.4, 0.5) is 5.69 Å². The summed E-state index contributed by atoms with van der Waals surface area (Å²) in [5, 5.41) is 26.2. The summed E-state index contributed by atoms with van der Waals surface area (Å²) in [6.45, 7) is 3.09. The fourth-order valence-electron chi connectivity index (χ4n) is 3.53. The van der Waals surface area contributed by atoms with E-state index in [0.717, 1.165) is 5.56 Å². The summed E-state index contributed by atoms with van der Waals surface area (Å²) in [5.74, 6) is -2.14. The number of ether oxygens (including phenoxy) is 1. The number of carbonyl (C=O) groups is 1. The molecule has 0 aliphatic carbocycles. The minimum atomic E-state index is -1.35. The third-order valence-corrected chi connectivity index (χ3v) is 4.90. The molecular weight excluding hydrogens is 404 g/mol. The van der Waals surface area contributed by atoms with E-state index in [1.165, 1.54) is 25.3 Å². The molecule has 0 saturated carbocycles. The lowest BCUT2D eigenvalue weighted by Crippen LogP contribution is -2.32.